The summed E-state index contributed by atoms with van der Waals surface area (Å²) in [6.07, 6.45) is 2.32. The van der Waals surface area contributed by atoms with Crippen LogP contribution in [0.25, 0.3) is 0 Å². The van der Waals surface area contributed by atoms with Gasteiger partial charge in [-0.05, 0) is 35.2 Å². The molecule has 0 bridgehead atoms. The van der Waals surface area contributed by atoms with Crippen molar-refractivity contribution in [3.63, 3.8) is 0 Å². The number of nitrogens with one attached hydrogen (secondary N) is 1. The van der Waals surface area contributed by atoms with Crippen LogP contribution in [0.1, 0.15) is 12.0 Å². The number of aliphatic imine (C=N–C) groups is 1. The van der Waals surface area contributed by atoms with E-state index >= 15 is 0 Å². The Morgan fingerprint density at radius 2 is 2.50 bits per heavy atom. The molecule has 0 saturated carbocycles. The molecule has 1 aliphatic heterocycles. The SMILES string of the molecule is c1cc(CCNC2=NCCCS2)cs1. The van der Waals surface area contributed by atoms with E-state index in [0.29, 0.717) is 0 Å². The van der Waals surface area contributed by atoms with Crippen LogP contribution in [-0.4, -0.2) is 24.0 Å². The Hall–Kier alpha value is -0.480. The van der Waals surface area contributed by atoms with Crippen molar-refractivity contribution in [2.24, 2.45) is 4.99 Å². The molecule has 0 spiro atoms. The number of nitrogens with zero attached hydrogens (tertiary/aromatic N) is 1. The van der Waals surface area contributed by atoms with Gasteiger partial charge in [-0.3, -0.25) is 4.99 Å². The lowest BCUT2D eigenvalue weighted by Crippen LogP contribution is -2.25. The molecule has 0 aromatic carbocycles. The Morgan fingerprint density at radius 1 is 1.50 bits per heavy atom. The number of hydrogen-bond acceptors (Lipinski definition) is 4. The van der Waals surface area contributed by atoms with Gasteiger partial charge in [0.2, 0.25) is 0 Å². The zero-order chi connectivity index (χ0) is 9.64. The number of amidine groups is 1. The first-order chi connectivity index (χ1) is 6.95. The molecule has 2 rings (SSSR count). The summed E-state index contributed by atoms with van der Waals surface area (Å²) in [5.74, 6) is 1.21. The fourth-order valence-corrected chi connectivity index (χ4v) is 2.87. The Labute approximate surface area is 92.8 Å². The Bertz CT molecular complexity index is 293. The van der Waals surface area contributed by atoms with Crippen molar-refractivity contribution in [3.8, 4) is 0 Å². The molecule has 1 aliphatic rings. The molecule has 1 N–H and O–H groups in total. The smallest absolute Gasteiger partial charge is 0.156 e. The molecule has 0 amide bonds. The maximum atomic E-state index is 4.42. The molecule has 4 heteroatoms. The van der Waals surface area contributed by atoms with Gasteiger partial charge < -0.3 is 5.32 Å². The minimum Gasteiger partial charge on any atom is -0.365 e. The first kappa shape index (κ1) is 10.1. The van der Waals surface area contributed by atoms with Gasteiger partial charge in [-0.15, -0.1) is 0 Å². The fraction of sp³-hybridized carbons (Fsp3) is 0.500. The third kappa shape index (κ3) is 3.03. The summed E-state index contributed by atoms with van der Waals surface area (Å²) in [5, 5.41) is 8.84. The molecule has 14 heavy (non-hydrogen) atoms. The van der Waals surface area contributed by atoms with E-state index in [4.69, 9.17) is 0 Å². The summed E-state index contributed by atoms with van der Waals surface area (Å²) < 4.78 is 0. The van der Waals surface area contributed by atoms with E-state index < -0.39 is 0 Å². The van der Waals surface area contributed by atoms with Crippen LogP contribution in [0.4, 0.5) is 0 Å². The molecule has 76 valence electrons. The van der Waals surface area contributed by atoms with Crippen LogP contribution in [-0.2, 0) is 6.42 Å². The molecule has 2 heterocycles. The zero-order valence-corrected chi connectivity index (χ0v) is 9.66. The van der Waals surface area contributed by atoms with Crippen LogP contribution in [0, 0.1) is 0 Å². The third-order valence-corrected chi connectivity index (χ3v) is 3.84. The molecule has 0 unspecified atom stereocenters. The summed E-state index contributed by atoms with van der Waals surface area (Å²) in [6.45, 7) is 2.00. The van der Waals surface area contributed by atoms with Crippen molar-refractivity contribution in [2.75, 3.05) is 18.8 Å². The second-order valence-electron chi connectivity index (χ2n) is 3.20. The van der Waals surface area contributed by atoms with Gasteiger partial charge in [0.15, 0.2) is 5.17 Å². The van der Waals surface area contributed by atoms with E-state index in [1.165, 1.54) is 17.7 Å². The third-order valence-electron chi connectivity index (χ3n) is 2.07. The molecule has 0 fully saturated rings. The van der Waals surface area contributed by atoms with Gasteiger partial charge in [-0.2, -0.15) is 11.3 Å². The van der Waals surface area contributed by atoms with Crippen LogP contribution < -0.4 is 5.32 Å². The lowest BCUT2D eigenvalue weighted by atomic mass is 10.2. The van der Waals surface area contributed by atoms with Gasteiger partial charge in [0.25, 0.3) is 0 Å². The molecule has 1 aromatic heterocycles. The number of thiophene rings is 1. The quantitative estimate of drug-likeness (QED) is 0.855. The summed E-state index contributed by atoms with van der Waals surface area (Å²) in [6, 6.07) is 2.18. The van der Waals surface area contributed by atoms with Crippen molar-refractivity contribution in [3.05, 3.63) is 22.4 Å². The second kappa shape index (κ2) is 5.41. The summed E-state index contributed by atoms with van der Waals surface area (Å²) >= 11 is 3.60. The minimum absolute atomic E-state index is 0.994. The van der Waals surface area contributed by atoms with Crippen LogP contribution in [0.3, 0.4) is 0 Å². The molecule has 0 aliphatic carbocycles. The van der Waals surface area contributed by atoms with E-state index in [-0.39, 0.29) is 0 Å². The molecule has 0 saturated heterocycles. The molecule has 1 aromatic rings. The number of hydrogen-bond donors (Lipinski definition) is 1. The van der Waals surface area contributed by atoms with Crippen molar-refractivity contribution in [1.29, 1.82) is 0 Å². The Kier molecular flexibility index (Phi) is 3.89. The predicted octanol–water partition coefficient (Wildman–Crippen LogP) is 2.37. The monoisotopic (exact) mass is 226 g/mol. The van der Waals surface area contributed by atoms with E-state index in [9.17, 15) is 0 Å². The molecule has 2 nitrogen and oxygen atoms in total. The number of thioether (sulfide) groups is 1. The molecular weight excluding hydrogens is 212 g/mol. The topological polar surface area (TPSA) is 24.4 Å². The average Bonchev–Trinajstić information content (AvgIpc) is 2.72. The first-order valence-corrected chi connectivity index (χ1v) is 6.80. The first-order valence-electron chi connectivity index (χ1n) is 4.87. The van der Waals surface area contributed by atoms with E-state index in [1.54, 1.807) is 11.3 Å². The second-order valence-corrected chi connectivity index (χ2v) is 5.06. The van der Waals surface area contributed by atoms with Crippen LogP contribution in [0.2, 0.25) is 0 Å². The van der Waals surface area contributed by atoms with Gasteiger partial charge >= 0.3 is 0 Å². The van der Waals surface area contributed by atoms with Crippen LogP contribution in [0.5, 0.6) is 0 Å². The van der Waals surface area contributed by atoms with Crippen molar-refractivity contribution >= 4 is 28.3 Å². The van der Waals surface area contributed by atoms with E-state index in [0.717, 1.165) is 24.7 Å². The van der Waals surface area contributed by atoms with Crippen LogP contribution in [0.15, 0.2) is 21.8 Å². The minimum atomic E-state index is 0.994. The fourth-order valence-electron chi connectivity index (χ4n) is 1.32. The van der Waals surface area contributed by atoms with Gasteiger partial charge in [-0.1, -0.05) is 11.8 Å². The van der Waals surface area contributed by atoms with E-state index in [2.05, 4.69) is 27.1 Å². The highest BCUT2D eigenvalue weighted by Gasteiger charge is 2.04. The van der Waals surface area contributed by atoms with Crippen molar-refractivity contribution < 1.29 is 0 Å². The lowest BCUT2D eigenvalue weighted by molar-refractivity contribution is 0.854. The normalized spacial score (nSPS) is 16.4. The lowest BCUT2D eigenvalue weighted by Gasteiger charge is -2.12. The Morgan fingerprint density at radius 3 is 3.21 bits per heavy atom. The highest BCUT2D eigenvalue weighted by atomic mass is 32.2. The van der Waals surface area contributed by atoms with Crippen molar-refractivity contribution in [2.45, 2.75) is 12.8 Å². The van der Waals surface area contributed by atoms with Crippen molar-refractivity contribution in [1.82, 2.24) is 5.32 Å². The standard InChI is InChI=1S/C10H14N2S2/c1-4-11-10(14-6-1)12-5-2-9-3-7-13-8-9/h3,7-8H,1-2,4-6H2,(H,11,12). The Balaban J connectivity index is 1.70. The average molecular weight is 226 g/mol. The molecular formula is C10H14N2S2. The molecule has 0 atom stereocenters. The van der Waals surface area contributed by atoms with Gasteiger partial charge in [0.1, 0.15) is 0 Å². The van der Waals surface area contributed by atoms with Gasteiger partial charge in [0.05, 0.1) is 0 Å². The van der Waals surface area contributed by atoms with Gasteiger partial charge in [0, 0.05) is 18.8 Å². The summed E-state index contributed by atoms with van der Waals surface area (Å²) in [7, 11) is 0. The predicted molar refractivity (Wildman–Crippen MR) is 65.4 cm³/mol. The summed E-state index contributed by atoms with van der Waals surface area (Å²) in [4.78, 5) is 4.42. The molecule has 0 radical (unpaired) electrons. The van der Waals surface area contributed by atoms with E-state index in [1.807, 2.05) is 11.8 Å². The highest BCUT2D eigenvalue weighted by molar-refractivity contribution is 8.13. The van der Waals surface area contributed by atoms with Gasteiger partial charge in [-0.25, -0.2) is 0 Å². The zero-order valence-electron chi connectivity index (χ0n) is 8.03. The highest BCUT2D eigenvalue weighted by Crippen LogP contribution is 2.10. The maximum Gasteiger partial charge on any atom is 0.156 e. The number of rotatable bonds is 3. The summed E-state index contributed by atoms with van der Waals surface area (Å²) in [5.41, 5.74) is 1.42. The maximum absolute atomic E-state index is 4.42. The largest absolute Gasteiger partial charge is 0.365 e. The van der Waals surface area contributed by atoms with Crippen LogP contribution >= 0.6 is 23.1 Å².